The van der Waals surface area contributed by atoms with Gasteiger partial charge >= 0.3 is 0 Å². The monoisotopic (exact) mass is 318 g/mol. The van der Waals surface area contributed by atoms with Crippen molar-refractivity contribution in [3.63, 3.8) is 0 Å². The second kappa shape index (κ2) is 3.71. The zero-order chi connectivity index (χ0) is 11.1. The molecule has 0 saturated heterocycles. The van der Waals surface area contributed by atoms with E-state index < -0.39 is 23.5 Å². The smallest absolute Gasteiger partial charge is 0.233 e. The van der Waals surface area contributed by atoms with Gasteiger partial charge in [0.25, 0.3) is 6.43 Å². The van der Waals surface area contributed by atoms with Crippen LogP contribution in [0, 0.1) is 9.65 Å². The fraction of sp³-hybridized carbons (Fsp3) is 0.625. The zero-order valence-corrected chi connectivity index (χ0v) is 10.1. The summed E-state index contributed by atoms with van der Waals surface area (Å²) in [5, 5.41) is 3.75. The van der Waals surface area contributed by atoms with E-state index in [0.29, 0.717) is 0 Å². The van der Waals surface area contributed by atoms with Crippen molar-refractivity contribution < 1.29 is 13.2 Å². The first-order valence-corrected chi connectivity index (χ1v) is 5.05. The average Bonchev–Trinajstić information content (AvgIpc) is 2.24. The number of hydrogen-bond donors (Lipinski definition) is 0. The van der Waals surface area contributed by atoms with Crippen molar-refractivity contribution in [2.75, 3.05) is 0 Å². The lowest BCUT2D eigenvalue weighted by Crippen LogP contribution is -2.25. The number of halogens is 4. The van der Waals surface area contributed by atoms with Gasteiger partial charge in [0.1, 0.15) is 9.26 Å². The molecule has 1 aromatic rings. The van der Waals surface area contributed by atoms with Crippen LogP contribution in [0.1, 0.15) is 32.8 Å². The molecule has 0 aliphatic rings. The molecule has 1 rings (SSSR count). The number of alkyl halides is 2. The van der Waals surface area contributed by atoms with Crippen molar-refractivity contribution in [2.24, 2.45) is 0 Å². The zero-order valence-electron chi connectivity index (χ0n) is 7.98. The van der Waals surface area contributed by atoms with Gasteiger partial charge in [-0.1, -0.05) is 0 Å². The van der Waals surface area contributed by atoms with Crippen LogP contribution in [0.15, 0.2) is 0 Å². The molecule has 0 fully saturated rings. The normalized spacial score (nSPS) is 12.6. The predicted octanol–water partition coefficient (Wildman–Crippen LogP) is 3.32. The van der Waals surface area contributed by atoms with Gasteiger partial charge in [-0.15, -0.1) is 0 Å². The van der Waals surface area contributed by atoms with Gasteiger partial charge in [-0.25, -0.2) is 13.5 Å². The van der Waals surface area contributed by atoms with E-state index >= 15 is 0 Å². The molecule has 0 aliphatic heterocycles. The minimum Gasteiger partial charge on any atom is -0.233 e. The first-order valence-electron chi connectivity index (χ1n) is 3.97. The summed E-state index contributed by atoms with van der Waals surface area (Å²) in [6, 6.07) is 0. The summed E-state index contributed by atoms with van der Waals surface area (Å²) in [6.07, 6.45) is -2.82. The Bertz CT molecular complexity index is 341. The Morgan fingerprint density at radius 1 is 1.36 bits per heavy atom. The third-order valence-corrected chi connectivity index (χ3v) is 2.47. The van der Waals surface area contributed by atoms with Crippen molar-refractivity contribution in [1.82, 2.24) is 9.78 Å². The molecule has 6 heteroatoms. The fourth-order valence-corrected chi connectivity index (χ4v) is 1.68. The van der Waals surface area contributed by atoms with Crippen molar-refractivity contribution in [3.8, 4) is 0 Å². The van der Waals surface area contributed by atoms with E-state index in [1.54, 1.807) is 43.4 Å². The van der Waals surface area contributed by atoms with Crippen LogP contribution in [0.25, 0.3) is 0 Å². The first kappa shape index (κ1) is 11.8. The number of hydrogen-bond acceptors (Lipinski definition) is 1. The highest BCUT2D eigenvalue weighted by Crippen LogP contribution is 2.29. The standard InChI is InChI=1S/C8H10F3IN2/c1-8(2,3)14-6(11)4(5(9)10)7(12)13-14/h5H,1-3H3. The van der Waals surface area contributed by atoms with Crippen molar-refractivity contribution in [2.45, 2.75) is 32.7 Å². The lowest BCUT2D eigenvalue weighted by atomic mass is 10.1. The lowest BCUT2D eigenvalue weighted by molar-refractivity contribution is 0.143. The van der Waals surface area contributed by atoms with E-state index in [1.165, 1.54) is 0 Å². The Morgan fingerprint density at radius 3 is 2.07 bits per heavy atom. The quantitative estimate of drug-likeness (QED) is 0.727. The summed E-state index contributed by atoms with van der Waals surface area (Å²) in [4.78, 5) is 0. The maximum Gasteiger partial charge on any atom is 0.270 e. The Balaban J connectivity index is 3.31. The van der Waals surface area contributed by atoms with Crippen molar-refractivity contribution >= 4 is 22.6 Å². The summed E-state index contributed by atoms with van der Waals surface area (Å²) in [5.41, 5.74) is -1.24. The molecule has 1 aromatic heterocycles. The van der Waals surface area contributed by atoms with Crippen molar-refractivity contribution in [3.05, 3.63) is 15.2 Å². The largest absolute Gasteiger partial charge is 0.270 e. The van der Waals surface area contributed by atoms with Crippen LogP contribution in [0.3, 0.4) is 0 Å². The van der Waals surface area contributed by atoms with E-state index in [0.717, 1.165) is 4.68 Å². The maximum absolute atomic E-state index is 13.5. The molecule has 1 heterocycles. The second-order valence-corrected chi connectivity index (χ2v) is 4.90. The molecule has 2 nitrogen and oxygen atoms in total. The predicted molar refractivity (Wildman–Crippen MR) is 54.9 cm³/mol. The van der Waals surface area contributed by atoms with Crippen LogP contribution < -0.4 is 0 Å². The van der Waals surface area contributed by atoms with Gasteiger partial charge in [-0.05, 0) is 43.4 Å². The van der Waals surface area contributed by atoms with Gasteiger partial charge in [0.05, 0.1) is 5.54 Å². The van der Waals surface area contributed by atoms with E-state index in [9.17, 15) is 13.2 Å². The third kappa shape index (κ3) is 2.04. The molecule has 0 atom stereocenters. The maximum atomic E-state index is 13.5. The van der Waals surface area contributed by atoms with Crippen LogP contribution >= 0.6 is 22.6 Å². The Morgan fingerprint density at radius 2 is 1.86 bits per heavy atom. The second-order valence-electron chi connectivity index (χ2n) is 3.88. The van der Waals surface area contributed by atoms with Crippen LogP contribution in [-0.4, -0.2) is 9.78 Å². The number of nitrogens with zero attached hydrogens (tertiary/aromatic N) is 2. The molecule has 0 aromatic carbocycles. The van der Waals surface area contributed by atoms with E-state index in [4.69, 9.17) is 0 Å². The van der Waals surface area contributed by atoms with Crippen LogP contribution in [-0.2, 0) is 5.54 Å². The molecule has 0 radical (unpaired) electrons. The highest BCUT2D eigenvalue weighted by Gasteiger charge is 2.28. The fourth-order valence-electron chi connectivity index (χ4n) is 1.01. The number of aromatic nitrogens is 2. The SMILES string of the molecule is CC(C)(C)n1nc(I)c(C(F)F)c1F. The molecular weight excluding hydrogens is 308 g/mol. The minimum atomic E-state index is -2.82. The minimum absolute atomic E-state index is 0.0185. The average molecular weight is 318 g/mol. The highest BCUT2D eigenvalue weighted by molar-refractivity contribution is 14.1. The van der Waals surface area contributed by atoms with Gasteiger partial charge in [-0.2, -0.15) is 9.49 Å². The summed E-state index contributed by atoms with van der Waals surface area (Å²) >= 11 is 1.61. The van der Waals surface area contributed by atoms with Crippen molar-refractivity contribution in [1.29, 1.82) is 0 Å². The Kier molecular flexibility index (Phi) is 3.13. The summed E-state index contributed by atoms with van der Waals surface area (Å²) < 4.78 is 39.2. The third-order valence-electron chi connectivity index (χ3n) is 1.67. The van der Waals surface area contributed by atoms with E-state index in [-0.39, 0.29) is 3.70 Å². The lowest BCUT2D eigenvalue weighted by Gasteiger charge is -2.19. The summed E-state index contributed by atoms with van der Waals surface area (Å²) in [5.74, 6) is -0.947. The highest BCUT2D eigenvalue weighted by atomic mass is 127. The molecule has 0 amide bonds. The molecule has 0 aliphatic carbocycles. The molecule has 0 spiro atoms. The van der Waals surface area contributed by atoms with Crippen LogP contribution in [0.4, 0.5) is 13.2 Å². The first-order chi connectivity index (χ1) is 6.25. The number of rotatable bonds is 1. The molecule has 14 heavy (non-hydrogen) atoms. The Hall–Kier alpha value is -0.270. The van der Waals surface area contributed by atoms with Gasteiger partial charge < -0.3 is 0 Å². The van der Waals surface area contributed by atoms with E-state index in [2.05, 4.69) is 5.10 Å². The van der Waals surface area contributed by atoms with Gasteiger partial charge in [0.15, 0.2) is 0 Å². The van der Waals surface area contributed by atoms with Gasteiger partial charge in [0.2, 0.25) is 5.95 Å². The molecule has 0 saturated carbocycles. The molecule has 0 N–H and O–H groups in total. The Labute approximate surface area is 93.6 Å². The van der Waals surface area contributed by atoms with Gasteiger partial charge in [-0.3, -0.25) is 0 Å². The molecule has 0 unspecified atom stereocenters. The van der Waals surface area contributed by atoms with Gasteiger partial charge in [0, 0.05) is 0 Å². The van der Waals surface area contributed by atoms with Crippen LogP contribution in [0.5, 0.6) is 0 Å². The summed E-state index contributed by atoms with van der Waals surface area (Å²) in [7, 11) is 0. The molecular formula is C8H10F3IN2. The molecule has 0 bridgehead atoms. The molecule has 80 valence electrons. The van der Waals surface area contributed by atoms with E-state index in [1.807, 2.05) is 0 Å². The topological polar surface area (TPSA) is 17.8 Å². The summed E-state index contributed by atoms with van der Waals surface area (Å²) in [6.45, 7) is 5.11. The van der Waals surface area contributed by atoms with Crippen LogP contribution in [0.2, 0.25) is 0 Å².